The van der Waals surface area contributed by atoms with E-state index < -0.39 is 0 Å². The van der Waals surface area contributed by atoms with Gasteiger partial charge in [0, 0.05) is 31.4 Å². The Kier molecular flexibility index (Phi) is 4.87. The number of hydrazone groups is 1. The lowest BCUT2D eigenvalue weighted by atomic mass is 9.89. The Hall–Kier alpha value is -3.10. The first-order chi connectivity index (χ1) is 15.3. The standard InChI is InChI=1S/C24H29N5O3/c1-15-23(31)26-25-22-12-32-21-9-18(17-7-5-6-16(8-17)11-30)19(10-20(21)29(15)22)28(4)24(2)13-27(3)14-24/h5-10,15,30H,11-14H2,1-4H3,(H,26,31). The number of benzene rings is 2. The maximum absolute atomic E-state index is 12.3. The van der Waals surface area contributed by atoms with E-state index in [0.29, 0.717) is 12.4 Å². The minimum atomic E-state index is -0.378. The van der Waals surface area contributed by atoms with Crippen LogP contribution in [0.5, 0.6) is 5.75 Å². The van der Waals surface area contributed by atoms with E-state index in [1.807, 2.05) is 30.0 Å². The molecule has 0 spiro atoms. The van der Waals surface area contributed by atoms with Crippen molar-refractivity contribution in [1.29, 1.82) is 0 Å². The number of hydrogen-bond acceptors (Lipinski definition) is 7. The smallest absolute Gasteiger partial charge is 0.262 e. The van der Waals surface area contributed by atoms with Crippen molar-refractivity contribution >= 4 is 23.1 Å². The van der Waals surface area contributed by atoms with E-state index in [1.165, 1.54) is 0 Å². The van der Waals surface area contributed by atoms with E-state index in [2.05, 4.69) is 59.5 Å². The lowest BCUT2D eigenvalue weighted by Crippen LogP contribution is -2.66. The predicted octanol–water partition coefficient (Wildman–Crippen LogP) is 2.02. The molecule has 32 heavy (non-hydrogen) atoms. The van der Waals surface area contributed by atoms with E-state index in [-0.39, 0.29) is 24.1 Å². The Morgan fingerprint density at radius 1 is 1.31 bits per heavy atom. The molecule has 2 aromatic carbocycles. The second-order valence-electron chi connectivity index (χ2n) is 9.26. The number of likely N-dealkylation sites (tertiary alicyclic amines) is 1. The Morgan fingerprint density at radius 3 is 2.81 bits per heavy atom. The fourth-order valence-corrected chi connectivity index (χ4v) is 5.03. The molecule has 0 aromatic heterocycles. The van der Waals surface area contributed by atoms with Gasteiger partial charge in [-0.25, -0.2) is 5.43 Å². The summed E-state index contributed by atoms with van der Waals surface area (Å²) >= 11 is 0. The molecule has 2 aromatic rings. The average molecular weight is 436 g/mol. The summed E-state index contributed by atoms with van der Waals surface area (Å²) in [6, 6.07) is 11.7. The first kappa shape index (κ1) is 20.8. The zero-order chi connectivity index (χ0) is 22.6. The predicted molar refractivity (Wildman–Crippen MR) is 125 cm³/mol. The van der Waals surface area contributed by atoms with Crippen LogP contribution in [0.25, 0.3) is 11.1 Å². The molecule has 0 radical (unpaired) electrons. The van der Waals surface area contributed by atoms with Crippen LogP contribution in [0.15, 0.2) is 41.5 Å². The Labute approximate surface area is 188 Å². The maximum atomic E-state index is 12.3. The van der Waals surface area contributed by atoms with Gasteiger partial charge in [-0.1, -0.05) is 18.2 Å². The van der Waals surface area contributed by atoms with Crippen molar-refractivity contribution in [3.63, 3.8) is 0 Å². The summed E-state index contributed by atoms with van der Waals surface area (Å²) in [6.45, 7) is 6.35. The average Bonchev–Trinajstić information content (AvgIpc) is 2.78. The third-order valence-corrected chi connectivity index (χ3v) is 6.85. The van der Waals surface area contributed by atoms with Gasteiger partial charge in [-0.15, -0.1) is 0 Å². The van der Waals surface area contributed by atoms with Gasteiger partial charge in [-0.2, -0.15) is 5.10 Å². The van der Waals surface area contributed by atoms with E-state index >= 15 is 0 Å². The third kappa shape index (κ3) is 3.22. The zero-order valence-corrected chi connectivity index (χ0v) is 18.9. The number of rotatable bonds is 4. The number of amidine groups is 1. The monoisotopic (exact) mass is 435 g/mol. The largest absolute Gasteiger partial charge is 0.483 e. The minimum Gasteiger partial charge on any atom is -0.483 e. The van der Waals surface area contributed by atoms with Gasteiger partial charge in [-0.05, 0) is 50.2 Å². The number of carbonyl (C=O) groups is 1. The molecule has 1 saturated heterocycles. The number of carbonyl (C=O) groups excluding carboxylic acids is 1. The summed E-state index contributed by atoms with van der Waals surface area (Å²) in [4.78, 5) is 18.9. The second kappa shape index (κ2) is 7.50. The third-order valence-electron chi connectivity index (χ3n) is 6.85. The summed E-state index contributed by atoms with van der Waals surface area (Å²) in [7, 11) is 4.25. The SMILES string of the molecule is CC1C(=O)NN=C2COc3cc(-c4cccc(CO)c4)c(N(C)C4(C)CN(C)C4)cc3N21. The van der Waals surface area contributed by atoms with Gasteiger partial charge in [0.05, 0.1) is 17.8 Å². The number of hydrogen-bond donors (Lipinski definition) is 2. The van der Waals surface area contributed by atoms with Gasteiger partial charge in [-0.3, -0.25) is 4.79 Å². The Bertz CT molecular complexity index is 1110. The van der Waals surface area contributed by atoms with Crippen LogP contribution in [-0.2, 0) is 11.4 Å². The van der Waals surface area contributed by atoms with Gasteiger partial charge >= 0.3 is 0 Å². The van der Waals surface area contributed by atoms with Crippen LogP contribution in [0.1, 0.15) is 19.4 Å². The molecule has 168 valence electrons. The maximum Gasteiger partial charge on any atom is 0.262 e. The van der Waals surface area contributed by atoms with Crippen LogP contribution < -0.4 is 20.0 Å². The van der Waals surface area contributed by atoms with Crippen molar-refractivity contribution in [3.8, 4) is 16.9 Å². The number of nitrogens with one attached hydrogen (secondary N) is 1. The molecule has 1 unspecified atom stereocenters. The van der Waals surface area contributed by atoms with Gasteiger partial charge in [0.25, 0.3) is 5.91 Å². The number of ether oxygens (including phenoxy) is 1. The molecule has 1 atom stereocenters. The highest BCUT2D eigenvalue weighted by atomic mass is 16.5. The number of anilines is 2. The topological polar surface area (TPSA) is 80.6 Å². The molecule has 0 aliphatic carbocycles. The number of fused-ring (bicyclic) bond motifs is 3. The van der Waals surface area contributed by atoms with E-state index in [0.717, 1.165) is 46.9 Å². The highest BCUT2D eigenvalue weighted by Crippen LogP contribution is 2.45. The summed E-state index contributed by atoms with van der Waals surface area (Å²) in [6.07, 6.45) is 0. The number of likely N-dealkylation sites (N-methyl/N-ethyl adjacent to an activating group) is 2. The number of aliphatic hydroxyl groups excluding tert-OH is 1. The molecule has 8 heteroatoms. The van der Waals surface area contributed by atoms with Crippen molar-refractivity contribution in [2.75, 3.05) is 43.6 Å². The summed E-state index contributed by atoms with van der Waals surface area (Å²) in [5, 5.41) is 13.9. The number of amides is 1. The molecule has 0 bridgehead atoms. The molecular formula is C24H29N5O3. The number of nitrogens with zero attached hydrogens (tertiary/aromatic N) is 4. The van der Waals surface area contributed by atoms with Crippen LogP contribution >= 0.6 is 0 Å². The first-order valence-electron chi connectivity index (χ1n) is 10.9. The van der Waals surface area contributed by atoms with Crippen molar-refractivity contribution < 1.29 is 14.6 Å². The van der Waals surface area contributed by atoms with Crippen LogP contribution in [0.3, 0.4) is 0 Å². The van der Waals surface area contributed by atoms with Crippen LogP contribution in [0.4, 0.5) is 11.4 Å². The van der Waals surface area contributed by atoms with Crippen LogP contribution in [-0.4, -0.2) is 67.1 Å². The van der Waals surface area contributed by atoms with Crippen molar-refractivity contribution in [1.82, 2.24) is 10.3 Å². The van der Waals surface area contributed by atoms with Crippen molar-refractivity contribution in [3.05, 3.63) is 42.0 Å². The second-order valence-corrected chi connectivity index (χ2v) is 9.26. The van der Waals surface area contributed by atoms with Crippen molar-refractivity contribution in [2.24, 2.45) is 5.10 Å². The molecule has 3 aliphatic heterocycles. The fourth-order valence-electron chi connectivity index (χ4n) is 5.03. The molecule has 5 rings (SSSR count). The Balaban J connectivity index is 1.68. The summed E-state index contributed by atoms with van der Waals surface area (Å²) in [5.41, 5.74) is 7.39. The lowest BCUT2D eigenvalue weighted by molar-refractivity contribution is -0.122. The van der Waals surface area contributed by atoms with Gasteiger partial charge in [0.1, 0.15) is 18.4 Å². The highest BCUT2D eigenvalue weighted by molar-refractivity contribution is 6.10. The fraction of sp³-hybridized carbons (Fsp3) is 0.417. The van der Waals surface area contributed by atoms with Crippen LogP contribution in [0, 0.1) is 0 Å². The highest BCUT2D eigenvalue weighted by Gasteiger charge is 2.42. The zero-order valence-electron chi connectivity index (χ0n) is 18.9. The normalized spacial score (nSPS) is 21.5. The van der Waals surface area contributed by atoms with Gasteiger partial charge < -0.3 is 24.5 Å². The Morgan fingerprint density at radius 2 is 2.09 bits per heavy atom. The van der Waals surface area contributed by atoms with E-state index in [4.69, 9.17) is 4.74 Å². The molecule has 3 heterocycles. The molecular weight excluding hydrogens is 406 g/mol. The molecule has 2 N–H and O–H groups in total. The molecule has 1 fully saturated rings. The molecule has 3 aliphatic rings. The first-order valence-corrected chi connectivity index (χ1v) is 10.9. The number of aliphatic hydroxyl groups is 1. The van der Waals surface area contributed by atoms with E-state index in [1.54, 1.807) is 0 Å². The van der Waals surface area contributed by atoms with Gasteiger partial charge in [0.2, 0.25) is 0 Å². The molecule has 1 amide bonds. The summed E-state index contributed by atoms with van der Waals surface area (Å²) in [5.74, 6) is 1.29. The summed E-state index contributed by atoms with van der Waals surface area (Å²) < 4.78 is 6.07. The quantitative estimate of drug-likeness (QED) is 0.765. The molecule has 8 nitrogen and oxygen atoms in total. The lowest BCUT2D eigenvalue weighted by Gasteiger charge is -2.53. The molecule has 0 saturated carbocycles. The minimum absolute atomic E-state index is 0.0103. The van der Waals surface area contributed by atoms with E-state index in [9.17, 15) is 9.90 Å². The van der Waals surface area contributed by atoms with Crippen LogP contribution in [0.2, 0.25) is 0 Å². The van der Waals surface area contributed by atoms with Gasteiger partial charge in [0.15, 0.2) is 5.84 Å². The van der Waals surface area contributed by atoms with Crippen molar-refractivity contribution in [2.45, 2.75) is 32.0 Å².